The second-order valence-corrected chi connectivity index (χ2v) is 4.87. The van der Waals surface area contributed by atoms with E-state index in [9.17, 15) is 4.79 Å². The molecule has 2 aromatic heterocycles. The summed E-state index contributed by atoms with van der Waals surface area (Å²) in [6, 6.07) is 9.70. The fourth-order valence-electron chi connectivity index (χ4n) is 2.25. The van der Waals surface area contributed by atoms with Gasteiger partial charge in [-0.3, -0.25) is 9.78 Å². The summed E-state index contributed by atoms with van der Waals surface area (Å²) in [5, 5.41) is 3.77. The van der Waals surface area contributed by atoms with Crippen LogP contribution < -0.4 is 5.32 Å². The Kier molecular flexibility index (Phi) is 3.69. The molecule has 3 rings (SSSR count). The highest BCUT2D eigenvalue weighted by molar-refractivity contribution is 6.06. The van der Waals surface area contributed by atoms with Crippen LogP contribution in [0.25, 0.3) is 11.0 Å². The molecule has 0 unspecified atom stereocenters. The summed E-state index contributed by atoms with van der Waals surface area (Å²) in [5.41, 5.74) is 3.52. The molecule has 106 valence electrons. The van der Waals surface area contributed by atoms with Crippen LogP contribution in [0.4, 0.5) is 0 Å². The molecule has 4 nitrogen and oxygen atoms in total. The lowest BCUT2D eigenvalue weighted by Gasteiger charge is -2.04. The Labute approximate surface area is 122 Å². The Bertz CT molecular complexity index is 763. The number of aromatic nitrogens is 1. The van der Waals surface area contributed by atoms with Crippen molar-refractivity contribution in [3.8, 4) is 0 Å². The number of pyridine rings is 1. The van der Waals surface area contributed by atoms with Gasteiger partial charge in [-0.05, 0) is 41.8 Å². The molecule has 1 amide bonds. The third kappa shape index (κ3) is 2.79. The number of furan rings is 1. The minimum absolute atomic E-state index is 0.126. The highest BCUT2D eigenvalue weighted by Gasteiger charge is 2.13. The monoisotopic (exact) mass is 280 g/mol. The zero-order valence-electron chi connectivity index (χ0n) is 11.8. The van der Waals surface area contributed by atoms with Gasteiger partial charge in [0.25, 0.3) is 5.91 Å². The van der Waals surface area contributed by atoms with Crippen molar-refractivity contribution in [2.24, 2.45) is 0 Å². The van der Waals surface area contributed by atoms with Gasteiger partial charge >= 0.3 is 0 Å². The number of rotatable bonds is 4. The summed E-state index contributed by atoms with van der Waals surface area (Å²) in [6.45, 7) is 2.56. The summed E-state index contributed by atoms with van der Waals surface area (Å²) in [7, 11) is 0. The Morgan fingerprint density at radius 3 is 2.76 bits per heavy atom. The molecule has 0 aliphatic heterocycles. The lowest BCUT2D eigenvalue weighted by atomic mass is 10.1. The van der Waals surface area contributed by atoms with Crippen LogP contribution in [0.15, 0.2) is 53.4 Å². The van der Waals surface area contributed by atoms with Gasteiger partial charge in [0.15, 0.2) is 0 Å². The first-order chi connectivity index (χ1) is 10.3. The highest BCUT2D eigenvalue weighted by Crippen LogP contribution is 2.22. The van der Waals surface area contributed by atoms with Gasteiger partial charge in [0.05, 0.1) is 5.56 Å². The molecule has 0 saturated carbocycles. The van der Waals surface area contributed by atoms with Gasteiger partial charge in [0, 0.05) is 24.3 Å². The first-order valence-electron chi connectivity index (χ1n) is 6.95. The first-order valence-corrected chi connectivity index (χ1v) is 6.95. The van der Waals surface area contributed by atoms with Crippen LogP contribution in [0.3, 0.4) is 0 Å². The van der Waals surface area contributed by atoms with Crippen molar-refractivity contribution in [2.45, 2.75) is 19.9 Å². The van der Waals surface area contributed by atoms with E-state index in [1.807, 2.05) is 30.3 Å². The largest absolute Gasteiger partial charge is 0.463 e. The van der Waals surface area contributed by atoms with Crippen LogP contribution in [-0.2, 0) is 13.0 Å². The van der Waals surface area contributed by atoms with Gasteiger partial charge < -0.3 is 9.73 Å². The van der Waals surface area contributed by atoms with Crippen molar-refractivity contribution >= 4 is 16.9 Å². The van der Waals surface area contributed by atoms with Crippen molar-refractivity contribution in [1.82, 2.24) is 10.3 Å². The van der Waals surface area contributed by atoms with Crippen LogP contribution in [0.2, 0.25) is 0 Å². The third-order valence-corrected chi connectivity index (χ3v) is 3.49. The van der Waals surface area contributed by atoms with Gasteiger partial charge in [-0.15, -0.1) is 0 Å². The zero-order chi connectivity index (χ0) is 14.7. The van der Waals surface area contributed by atoms with Crippen LogP contribution >= 0.6 is 0 Å². The number of carbonyl (C=O) groups is 1. The molecule has 1 N–H and O–H groups in total. The number of carbonyl (C=O) groups excluding carboxylic acids is 1. The number of fused-ring (bicyclic) bond motifs is 1. The number of amides is 1. The smallest absolute Gasteiger partial charge is 0.255 e. The van der Waals surface area contributed by atoms with E-state index in [-0.39, 0.29) is 5.91 Å². The Morgan fingerprint density at radius 1 is 1.19 bits per heavy atom. The molecule has 0 atom stereocenters. The van der Waals surface area contributed by atoms with Gasteiger partial charge in [0.2, 0.25) is 0 Å². The van der Waals surface area contributed by atoms with Crippen molar-refractivity contribution in [3.63, 3.8) is 0 Å². The molecule has 3 aromatic rings. The van der Waals surface area contributed by atoms with E-state index >= 15 is 0 Å². The fraction of sp³-hybridized carbons (Fsp3) is 0.176. The van der Waals surface area contributed by atoms with Gasteiger partial charge in [-0.2, -0.15) is 0 Å². The number of aryl methyl sites for hydroxylation is 1. The Balaban J connectivity index is 1.81. The lowest BCUT2D eigenvalue weighted by Crippen LogP contribution is -2.22. The molecule has 0 fully saturated rings. The third-order valence-electron chi connectivity index (χ3n) is 3.49. The van der Waals surface area contributed by atoms with Crippen molar-refractivity contribution < 1.29 is 9.21 Å². The van der Waals surface area contributed by atoms with E-state index in [0.717, 1.165) is 23.0 Å². The number of benzene rings is 1. The van der Waals surface area contributed by atoms with Gasteiger partial charge in [0.1, 0.15) is 11.8 Å². The number of hydrogen-bond donors (Lipinski definition) is 1. The predicted molar refractivity (Wildman–Crippen MR) is 81.0 cm³/mol. The summed E-state index contributed by atoms with van der Waals surface area (Å²) in [5.74, 6) is -0.126. The second-order valence-electron chi connectivity index (χ2n) is 4.87. The maximum atomic E-state index is 12.3. The maximum absolute atomic E-state index is 12.3. The summed E-state index contributed by atoms with van der Waals surface area (Å²) in [4.78, 5) is 16.3. The van der Waals surface area contributed by atoms with E-state index in [0.29, 0.717) is 12.1 Å². The normalized spacial score (nSPS) is 10.7. The molecule has 0 aliphatic carbocycles. The van der Waals surface area contributed by atoms with E-state index in [2.05, 4.69) is 17.2 Å². The fourth-order valence-corrected chi connectivity index (χ4v) is 2.25. The van der Waals surface area contributed by atoms with E-state index in [1.54, 1.807) is 12.4 Å². The van der Waals surface area contributed by atoms with E-state index in [1.165, 1.54) is 11.8 Å². The number of nitrogens with one attached hydrogen (secondary N) is 1. The minimum atomic E-state index is -0.126. The number of hydrogen-bond acceptors (Lipinski definition) is 3. The predicted octanol–water partition coefficient (Wildman–Crippen LogP) is 3.32. The Morgan fingerprint density at radius 2 is 2.00 bits per heavy atom. The molecule has 2 heterocycles. The molecule has 0 saturated heterocycles. The summed E-state index contributed by atoms with van der Waals surface area (Å²) in [6.07, 6.45) is 5.87. The second kappa shape index (κ2) is 5.79. The molecule has 0 bridgehead atoms. The molecule has 0 aliphatic rings. The maximum Gasteiger partial charge on any atom is 0.255 e. The van der Waals surface area contributed by atoms with E-state index < -0.39 is 0 Å². The summed E-state index contributed by atoms with van der Waals surface area (Å²) < 4.78 is 5.45. The molecular weight excluding hydrogens is 264 g/mol. The number of nitrogens with zero attached hydrogens (tertiary/aromatic N) is 1. The molecule has 1 aromatic carbocycles. The Hall–Kier alpha value is -2.62. The molecule has 0 radical (unpaired) electrons. The quantitative estimate of drug-likeness (QED) is 0.797. The summed E-state index contributed by atoms with van der Waals surface area (Å²) >= 11 is 0. The topological polar surface area (TPSA) is 55.1 Å². The lowest BCUT2D eigenvalue weighted by molar-refractivity contribution is 0.0951. The average Bonchev–Trinajstić information content (AvgIpc) is 2.96. The standard InChI is InChI=1S/C17H16N2O2/c1-2-12-3-4-16-14(9-12)15(11-21-16)17(20)19-10-13-5-7-18-8-6-13/h3-9,11H,2,10H2,1H3,(H,19,20). The van der Waals surface area contributed by atoms with Crippen molar-refractivity contribution in [1.29, 1.82) is 0 Å². The molecule has 4 heteroatoms. The highest BCUT2D eigenvalue weighted by atomic mass is 16.3. The van der Waals surface area contributed by atoms with Crippen molar-refractivity contribution in [3.05, 3.63) is 65.7 Å². The first kappa shape index (κ1) is 13.4. The van der Waals surface area contributed by atoms with Crippen LogP contribution in [0, 0.1) is 0 Å². The van der Waals surface area contributed by atoms with Gasteiger partial charge in [-0.1, -0.05) is 13.0 Å². The SMILES string of the molecule is CCc1ccc2occ(C(=O)NCc3ccncc3)c2c1. The van der Waals surface area contributed by atoms with E-state index in [4.69, 9.17) is 4.42 Å². The average molecular weight is 280 g/mol. The van der Waals surface area contributed by atoms with Crippen LogP contribution in [-0.4, -0.2) is 10.9 Å². The van der Waals surface area contributed by atoms with Gasteiger partial charge in [-0.25, -0.2) is 0 Å². The minimum Gasteiger partial charge on any atom is -0.463 e. The zero-order valence-corrected chi connectivity index (χ0v) is 11.8. The van der Waals surface area contributed by atoms with Crippen molar-refractivity contribution in [2.75, 3.05) is 0 Å². The molecule has 21 heavy (non-hydrogen) atoms. The van der Waals surface area contributed by atoms with Crippen LogP contribution in [0.1, 0.15) is 28.4 Å². The van der Waals surface area contributed by atoms with Crippen LogP contribution in [0.5, 0.6) is 0 Å². The molecule has 0 spiro atoms. The molecular formula is C17H16N2O2.